The van der Waals surface area contributed by atoms with Gasteiger partial charge in [0.1, 0.15) is 0 Å². The third-order valence-corrected chi connectivity index (χ3v) is 5.87. The molecule has 0 aromatic rings. The van der Waals surface area contributed by atoms with Gasteiger partial charge in [-0.25, -0.2) is 0 Å². The molecule has 0 amide bonds. The molecule has 2 heteroatoms. The molecule has 0 radical (unpaired) electrons. The quantitative estimate of drug-likeness (QED) is 0.759. The van der Waals surface area contributed by atoms with E-state index in [-0.39, 0.29) is 6.10 Å². The summed E-state index contributed by atoms with van der Waals surface area (Å²) in [5.41, 5.74) is 0. The van der Waals surface area contributed by atoms with Gasteiger partial charge in [0, 0.05) is 0 Å². The highest BCUT2D eigenvalue weighted by Crippen LogP contribution is 2.51. The summed E-state index contributed by atoms with van der Waals surface area (Å²) in [5.74, 6) is 5.67. The monoisotopic (exact) mass is 212 g/mol. The van der Waals surface area contributed by atoms with Gasteiger partial charge in [0.05, 0.1) is 6.10 Å². The molecule has 1 nitrogen and oxygen atoms in total. The van der Waals surface area contributed by atoms with Crippen LogP contribution in [0.1, 0.15) is 32.1 Å². The van der Waals surface area contributed by atoms with E-state index >= 15 is 0 Å². The van der Waals surface area contributed by atoms with Gasteiger partial charge in [-0.1, -0.05) is 6.42 Å². The first-order chi connectivity index (χ1) is 6.84. The van der Waals surface area contributed by atoms with E-state index in [1.165, 1.54) is 43.6 Å². The van der Waals surface area contributed by atoms with Gasteiger partial charge in [0.25, 0.3) is 0 Å². The fraction of sp³-hybridized carbons (Fsp3) is 1.00. The molecule has 5 unspecified atom stereocenters. The van der Waals surface area contributed by atoms with Crippen LogP contribution in [0.3, 0.4) is 0 Å². The van der Waals surface area contributed by atoms with Crippen molar-refractivity contribution in [3.63, 3.8) is 0 Å². The highest BCUT2D eigenvalue weighted by Gasteiger charge is 2.44. The lowest BCUT2D eigenvalue weighted by molar-refractivity contribution is 0.0340. The third-order valence-electron chi connectivity index (χ3n) is 4.68. The van der Waals surface area contributed by atoms with Crippen LogP contribution in [0.2, 0.25) is 0 Å². The van der Waals surface area contributed by atoms with E-state index in [1.807, 2.05) is 11.8 Å². The molecule has 2 saturated carbocycles. The van der Waals surface area contributed by atoms with Gasteiger partial charge < -0.3 is 5.11 Å². The summed E-state index contributed by atoms with van der Waals surface area (Å²) in [6.45, 7) is 0. The Balaban J connectivity index is 1.64. The molecule has 1 saturated heterocycles. The van der Waals surface area contributed by atoms with E-state index in [2.05, 4.69) is 0 Å². The second-order valence-electron chi connectivity index (χ2n) is 5.45. The van der Waals surface area contributed by atoms with Crippen molar-refractivity contribution in [3.8, 4) is 0 Å². The second kappa shape index (κ2) is 3.71. The summed E-state index contributed by atoms with van der Waals surface area (Å²) in [4.78, 5) is 0. The first kappa shape index (κ1) is 9.53. The van der Waals surface area contributed by atoms with Crippen LogP contribution in [0.25, 0.3) is 0 Å². The fourth-order valence-electron chi connectivity index (χ4n) is 3.88. The maximum atomic E-state index is 10.4. The molecule has 2 aliphatic carbocycles. The van der Waals surface area contributed by atoms with Crippen molar-refractivity contribution in [2.75, 3.05) is 11.5 Å². The Labute approximate surface area is 90.7 Å². The zero-order valence-electron chi connectivity index (χ0n) is 8.69. The number of hydrogen-bond acceptors (Lipinski definition) is 2. The van der Waals surface area contributed by atoms with E-state index in [0.29, 0.717) is 11.8 Å². The lowest BCUT2D eigenvalue weighted by Crippen LogP contribution is -2.32. The van der Waals surface area contributed by atoms with Crippen molar-refractivity contribution in [1.29, 1.82) is 0 Å². The number of aliphatic hydroxyl groups excluding tert-OH is 1. The zero-order valence-corrected chi connectivity index (χ0v) is 9.51. The molecule has 1 N–H and O–H groups in total. The molecule has 1 aliphatic heterocycles. The Hall–Kier alpha value is 0.310. The van der Waals surface area contributed by atoms with Crippen LogP contribution < -0.4 is 0 Å². The van der Waals surface area contributed by atoms with Crippen LogP contribution in [0, 0.1) is 23.7 Å². The fourth-order valence-corrected chi connectivity index (χ4v) is 5.19. The average Bonchev–Trinajstić information content (AvgIpc) is 2.93. The van der Waals surface area contributed by atoms with Crippen LogP contribution in [-0.4, -0.2) is 22.7 Å². The van der Waals surface area contributed by atoms with Gasteiger partial charge in [-0.3, -0.25) is 0 Å². The number of hydrogen-bond donors (Lipinski definition) is 1. The number of aliphatic hydroxyl groups is 1. The minimum absolute atomic E-state index is 0.0419. The molecule has 0 spiro atoms. The van der Waals surface area contributed by atoms with Crippen molar-refractivity contribution in [2.45, 2.75) is 38.2 Å². The predicted molar refractivity (Wildman–Crippen MR) is 60.4 cm³/mol. The second-order valence-corrected chi connectivity index (χ2v) is 6.60. The minimum atomic E-state index is 0.0419. The minimum Gasteiger partial charge on any atom is -0.393 e. The molecular formula is C12H20OS. The Kier molecular flexibility index (Phi) is 2.53. The van der Waals surface area contributed by atoms with E-state index in [9.17, 15) is 5.11 Å². The Morgan fingerprint density at radius 3 is 2.64 bits per heavy atom. The Morgan fingerprint density at radius 1 is 1.14 bits per heavy atom. The van der Waals surface area contributed by atoms with Gasteiger partial charge in [-0.05, 0) is 60.9 Å². The molecule has 3 aliphatic rings. The van der Waals surface area contributed by atoms with Gasteiger partial charge in [-0.2, -0.15) is 11.8 Å². The topological polar surface area (TPSA) is 20.2 Å². The molecule has 3 rings (SSSR count). The Morgan fingerprint density at radius 2 is 2.07 bits per heavy atom. The summed E-state index contributed by atoms with van der Waals surface area (Å²) in [5, 5.41) is 10.4. The highest BCUT2D eigenvalue weighted by molar-refractivity contribution is 7.99. The SMILES string of the molecule is OC(C1CCSC1)C1CC2CCC1C2. The third kappa shape index (κ3) is 1.51. The summed E-state index contributed by atoms with van der Waals surface area (Å²) < 4.78 is 0. The van der Waals surface area contributed by atoms with Crippen LogP contribution in [0.4, 0.5) is 0 Å². The molecule has 2 bridgehead atoms. The molecule has 1 heterocycles. The van der Waals surface area contributed by atoms with Crippen molar-refractivity contribution in [2.24, 2.45) is 23.7 Å². The van der Waals surface area contributed by atoms with Gasteiger partial charge in [0.15, 0.2) is 0 Å². The maximum Gasteiger partial charge on any atom is 0.0607 e. The molecular weight excluding hydrogens is 192 g/mol. The lowest BCUT2D eigenvalue weighted by atomic mass is 9.79. The molecule has 14 heavy (non-hydrogen) atoms. The first-order valence-corrected chi connectivity index (χ1v) is 7.26. The van der Waals surface area contributed by atoms with Crippen LogP contribution >= 0.6 is 11.8 Å². The van der Waals surface area contributed by atoms with Crippen molar-refractivity contribution >= 4 is 11.8 Å². The van der Waals surface area contributed by atoms with E-state index in [4.69, 9.17) is 0 Å². The maximum absolute atomic E-state index is 10.4. The van der Waals surface area contributed by atoms with Gasteiger partial charge in [0.2, 0.25) is 0 Å². The smallest absolute Gasteiger partial charge is 0.0607 e. The van der Waals surface area contributed by atoms with Crippen LogP contribution in [-0.2, 0) is 0 Å². The van der Waals surface area contributed by atoms with E-state index in [1.54, 1.807) is 0 Å². The summed E-state index contributed by atoms with van der Waals surface area (Å²) in [6, 6.07) is 0. The number of thioether (sulfide) groups is 1. The number of rotatable bonds is 2. The van der Waals surface area contributed by atoms with E-state index < -0.39 is 0 Å². The van der Waals surface area contributed by atoms with Crippen molar-refractivity contribution in [1.82, 2.24) is 0 Å². The van der Waals surface area contributed by atoms with Crippen LogP contribution in [0.5, 0.6) is 0 Å². The molecule has 5 atom stereocenters. The predicted octanol–water partition coefficient (Wildman–Crippen LogP) is 2.54. The van der Waals surface area contributed by atoms with Crippen molar-refractivity contribution < 1.29 is 5.11 Å². The first-order valence-electron chi connectivity index (χ1n) is 6.10. The molecule has 0 aromatic heterocycles. The Bertz CT molecular complexity index is 212. The summed E-state index contributed by atoms with van der Waals surface area (Å²) in [6.07, 6.45) is 6.94. The highest BCUT2D eigenvalue weighted by atomic mass is 32.2. The molecule has 80 valence electrons. The normalized spacial score (nSPS) is 48.6. The summed E-state index contributed by atoms with van der Waals surface area (Å²) >= 11 is 2.03. The van der Waals surface area contributed by atoms with E-state index in [0.717, 1.165) is 11.8 Å². The number of fused-ring (bicyclic) bond motifs is 2. The molecule has 0 aromatic carbocycles. The van der Waals surface area contributed by atoms with Gasteiger partial charge >= 0.3 is 0 Å². The molecule has 3 fully saturated rings. The van der Waals surface area contributed by atoms with Crippen LogP contribution in [0.15, 0.2) is 0 Å². The van der Waals surface area contributed by atoms with Crippen molar-refractivity contribution in [3.05, 3.63) is 0 Å². The average molecular weight is 212 g/mol. The van der Waals surface area contributed by atoms with Gasteiger partial charge in [-0.15, -0.1) is 0 Å². The zero-order chi connectivity index (χ0) is 9.54. The standard InChI is InChI=1S/C12H20OS/c13-12(10-3-4-14-7-10)11-6-8-1-2-9(11)5-8/h8-13H,1-7H2. The largest absolute Gasteiger partial charge is 0.393 e. The summed E-state index contributed by atoms with van der Waals surface area (Å²) in [7, 11) is 0. The lowest BCUT2D eigenvalue weighted by Gasteiger charge is -2.30.